The molecule has 1 aliphatic heterocycles. The molecular formula is C13H19N3. The monoisotopic (exact) mass is 217 g/mol. The van der Waals surface area contributed by atoms with Crippen LogP contribution in [0.1, 0.15) is 30.0 Å². The van der Waals surface area contributed by atoms with Gasteiger partial charge in [-0.05, 0) is 61.0 Å². The molecule has 0 amide bonds. The predicted octanol–water partition coefficient (Wildman–Crippen LogP) is 1.19. The molecule has 3 rings (SSSR count). The van der Waals surface area contributed by atoms with Crippen LogP contribution in [0, 0.1) is 5.41 Å². The molecule has 0 radical (unpaired) electrons. The van der Waals surface area contributed by atoms with Crippen molar-refractivity contribution in [3.63, 3.8) is 0 Å². The molecule has 0 aromatic heterocycles. The van der Waals surface area contributed by atoms with Crippen LogP contribution < -0.4 is 16.8 Å². The van der Waals surface area contributed by atoms with Gasteiger partial charge in [0.2, 0.25) is 0 Å². The average Bonchev–Trinajstić information content (AvgIpc) is 2.55. The number of anilines is 1. The van der Waals surface area contributed by atoms with E-state index >= 15 is 0 Å². The average molecular weight is 217 g/mol. The van der Waals surface area contributed by atoms with Crippen LogP contribution in [0.3, 0.4) is 0 Å². The van der Waals surface area contributed by atoms with Crippen molar-refractivity contribution < 1.29 is 0 Å². The Hall–Kier alpha value is -1.06. The number of piperidine rings is 1. The van der Waals surface area contributed by atoms with Gasteiger partial charge in [-0.1, -0.05) is 6.07 Å². The molecule has 3 nitrogen and oxygen atoms in total. The van der Waals surface area contributed by atoms with E-state index in [9.17, 15) is 0 Å². The van der Waals surface area contributed by atoms with Crippen LogP contribution in [0.5, 0.6) is 0 Å². The fourth-order valence-corrected chi connectivity index (χ4v) is 3.30. The summed E-state index contributed by atoms with van der Waals surface area (Å²) < 4.78 is 0. The van der Waals surface area contributed by atoms with Crippen molar-refractivity contribution in [2.45, 2.75) is 25.3 Å². The van der Waals surface area contributed by atoms with Gasteiger partial charge in [0, 0.05) is 11.7 Å². The van der Waals surface area contributed by atoms with Crippen LogP contribution in [-0.4, -0.2) is 13.1 Å². The molecule has 0 bridgehead atoms. The maximum Gasteiger partial charge on any atom is 0.0359 e. The van der Waals surface area contributed by atoms with E-state index < -0.39 is 0 Å². The largest absolute Gasteiger partial charge is 0.399 e. The van der Waals surface area contributed by atoms with Crippen molar-refractivity contribution in [1.29, 1.82) is 0 Å². The van der Waals surface area contributed by atoms with Crippen molar-refractivity contribution in [3.05, 3.63) is 29.3 Å². The molecule has 2 aliphatic rings. The number of hydrogen-bond donors (Lipinski definition) is 3. The van der Waals surface area contributed by atoms with Crippen LogP contribution in [-0.2, 0) is 6.42 Å². The first-order chi connectivity index (χ1) is 7.71. The second-order valence-corrected chi connectivity index (χ2v) is 5.23. The Morgan fingerprint density at radius 1 is 1.25 bits per heavy atom. The summed E-state index contributed by atoms with van der Waals surface area (Å²) in [6.07, 6.45) is 3.50. The summed E-state index contributed by atoms with van der Waals surface area (Å²) in [5, 5.41) is 3.41. The van der Waals surface area contributed by atoms with E-state index in [0.717, 1.165) is 25.2 Å². The van der Waals surface area contributed by atoms with Crippen molar-refractivity contribution in [2.24, 2.45) is 11.1 Å². The smallest absolute Gasteiger partial charge is 0.0359 e. The number of rotatable bonds is 0. The van der Waals surface area contributed by atoms with Crippen molar-refractivity contribution in [1.82, 2.24) is 5.32 Å². The maximum atomic E-state index is 6.44. The molecule has 1 aromatic rings. The van der Waals surface area contributed by atoms with E-state index in [4.69, 9.17) is 11.5 Å². The molecule has 0 saturated carbocycles. The first kappa shape index (κ1) is 10.1. The van der Waals surface area contributed by atoms with Crippen LogP contribution >= 0.6 is 0 Å². The van der Waals surface area contributed by atoms with E-state index in [1.165, 1.54) is 24.0 Å². The van der Waals surface area contributed by atoms with E-state index in [-0.39, 0.29) is 6.04 Å². The highest BCUT2D eigenvalue weighted by Crippen LogP contribution is 2.49. The van der Waals surface area contributed by atoms with E-state index in [1.807, 2.05) is 6.07 Å². The molecule has 1 heterocycles. The molecule has 16 heavy (non-hydrogen) atoms. The first-order valence-corrected chi connectivity index (χ1v) is 6.06. The van der Waals surface area contributed by atoms with Gasteiger partial charge in [-0.25, -0.2) is 0 Å². The molecule has 1 atom stereocenters. The molecule has 3 heteroatoms. The second-order valence-electron chi connectivity index (χ2n) is 5.23. The van der Waals surface area contributed by atoms with Gasteiger partial charge >= 0.3 is 0 Å². The number of fused-ring (bicyclic) bond motifs is 1. The molecule has 1 aromatic carbocycles. The lowest BCUT2D eigenvalue weighted by Gasteiger charge is -2.37. The van der Waals surface area contributed by atoms with Gasteiger partial charge in [-0.15, -0.1) is 0 Å². The number of nitrogen functional groups attached to an aromatic ring is 1. The summed E-state index contributed by atoms with van der Waals surface area (Å²) in [6.45, 7) is 2.19. The Bertz CT molecular complexity index is 408. The fraction of sp³-hybridized carbons (Fsp3) is 0.538. The van der Waals surface area contributed by atoms with Crippen molar-refractivity contribution in [3.8, 4) is 0 Å². The Morgan fingerprint density at radius 3 is 2.75 bits per heavy atom. The Kier molecular flexibility index (Phi) is 2.19. The van der Waals surface area contributed by atoms with E-state index in [1.54, 1.807) is 0 Å². The minimum Gasteiger partial charge on any atom is -0.399 e. The van der Waals surface area contributed by atoms with Crippen LogP contribution in [0.4, 0.5) is 5.69 Å². The molecule has 5 N–H and O–H groups in total. The lowest BCUT2D eigenvalue weighted by molar-refractivity contribution is 0.174. The quantitative estimate of drug-likeness (QED) is 0.572. The SMILES string of the molecule is Nc1ccc2c(c1)C(N)C1(CCNCC1)C2. The fourth-order valence-electron chi connectivity index (χ4n) is 3.30. The highest BCUT2D eigenvalue weighted by atomic mass is 14.9. The van der Waals surface area contributed by atoms with Crippen LogP contribution in [0.2, 0.25) is 0 Å². The Morgan fingerprint density at radius 2 is 2.00 bits per heavy atom. The topological polar surface area (TPSA) is 64.1 Å². The third-order valence-electron chi connectivity index (χ3n) is 4.31. The summed E-state index contributed by atoms with van der Waals surface area (Å²) in [5.74, 6) is 0. The minimum atomic E-state index is 0.174. The molecule has 1 saturated heterocycles. The van der Waals surface area contributed by atoms with Crippen molar-refractivity contribution in [2.75, 3.05) is 18.8 Å². The van der Waals surface area contributed by atoms with Crippen molar-refractivity contribution >= 4 is 5.69 Å². The minimum absolute atomic E-state index is 0.174. The highest BCUT2D eigenvalue weighted by Gasteiger charge is 2.44. The number of benzene rings is 1. The van der Waals surface area contributed by atoms with E-state index in [2.05, 4.69) is 17.4 Å². The van der Waals surface area contributed by atoms with Gasteiger partial charge in [0.05, 0.1) is 0 Å². The molecule has 1 fully saturated rings. The zero-order valence-electron chi connectivity index (χ0n) is 9.50. The standard InChI is InChI=1S/C13H19N3/c14-10-2-1-9-8-13(3-5-16-6-4-13)12(15)11(9)7-10/h1-2,7,12,16H,3-6,8,14-15H2. The third-order valence-corrected chi connectivity index (χ3v) is 4.31. The normalized spacial score (nSPS) is 26.9. The summed E-state index contributed by atoms with van der Waals surface area (Å²) >= 11 is 0. The van der Waals surface area contributed by atoms with Gasteiger partial charge < -0.3 is 16.8 Å². The zero-order valence-corrected chi connectivity index (χ0v) is 9.50. The predicted molar refractivity (Wildman–Crippen MR) is 66.0 cm³/mol. The lowest BCUT2D eigenvalue weighted by Crippen LogP contribution is -2.42. The summed E-state index contributed by atoms with van der Waals surface area (Å²) in [7, 11) is 0. The second kappa shape index (κ2) is 3.47. The number of nitrogens with one attached hydrogen (secondary N) is 1. The van der Waals surface area contributed by atoms with Crippen LogP contribution in [0.25, 0.3) is 0 Å². The molecule has 86 valence electrons. The van der Waals surface area contributed by atoms with Gasteiger partial charge in [0.1, 0.15) is 0 Å². The molecule has 1 aliphatic carbocycles. The first-order valence-electron chi connectivity index (χ1n) is 6.06. The highest BCUT2D eigenvalue weighted by molar-refractivity contribution is 5.49. The number of nitrogens with two attached hydrogens (primary N) is 2. The van der Waals surface area contributed by atoms with E-state index in [0.29, 0.717) is 5.41 Å². The molecule has 1 spiro atoms. The van der Waals surface area contributed by atoms with Gasteiger partial charge in [0.15, 0.2) is 0 Å². The van der Waals surface area contributed by atoms with Gasteiger partial charge in [0.25, 0.3) is 0 Å². The molecular weight excluding hydrogens is 198 g/mol. The summed E-state index contributed by atoms with van der Waals surface area (Å²) in [5.41, 5.74) is 16.1. The summed E-state index contributed by atoms with van der Waals surface area (Å²) in [6, 6.07) is 6.39. The number of hydrogen-bond acceptors (Lipinski definition) is 3. The Balaban J connectivity index is 1.99. The lowest BCUT2D eigenvalue weighted by atomic mass is 9.73. The van der Waals surface area contributed by atoms with Gasteiger partial charge in [-0.2, -0.15) is 0 Å². The zero-order chi connectivity index (χ0) is 11.2. The maximum absolute atomic E-state index is 6.44. The third kappa shape index (κ3) is 1.35. The summed E-state index contributed by atoms with van der Waals surface area (Å²) in [4.78, 5) is 0. The van der Waals surface area contributed by atoms with Gasteiger partial charge in [-0.3, -0.25) is 0 Å². The van der Waals surface area contributed by atoms with Crippen LogP contribution in [0.15, 0.2) is 18.2 Å². The molecule has 1 unspecified atom stereocenters. The Labute approximate surface area is 96.2 Å².